The van der Waals surface area contributed by atoms with Crippen molar-refractivity contribution in [2.45, 2.75) is 18.2 Å². The van der Waals surface area contributed by atoms with Crippen LogP contribution in [-0.2, 0) is 14.8 Å². The summed E-state index contributed by atoms with van der Waals surface area (Å²) in [5, 5.41) is 0. The molecular formula is C13H20BrN3O3S. The van der Waals surface area contributed by atoms with Gasteiger partial charge in [-0.25, -0.2) is 8.42 Å². The highest BCUT2D eigenvalue weighted by Gasteiger charge is 2.26. The molecular weight excluding hydrogens is 358 g/mol. The number of hydrogen-bond acceptors (Lipinski definition) is 4. The average Bonchev–Trinajstić information content (AvgIpc) is 2.40. The van der Waals surface area contributed by atoms with E-state index in [-0.39, 0.29) is 23.9 Å². The minimum Gasteiger partial charge on any atom is -0.398 e. The quantitative estimate of drug-likeness (QED) is 0.761. The summed E-state index contributed by atoms with van der Waals surface area (Å²) >= 11 is 3.23. The summed E-state index contributed by atoms with van der Waals surface area (Å²) in [4.78, 5) is 13.3. The van der Waals surface area contributed by atoms with Gasteiger partial charge in [0, 0.05) is 30.8 Å². The zero-order valence-electron chi connectivity index (χ0n) is 12.3. The Hall–Kier alpha value is -1.12. The molecule has 1 amide bonds. The number of halogens is 1. The van der Waals surface area contributed by atoms with Crippen LogP contribution in [0.1, 0.15) is 13.3 Å². The predicted octanol–water partition coefficient (Wildman–Crippen LogP) is 1.52. The first-order chi connectivity index (χ1) is 9.70. The lowest BCUT2D eigenvalue weighted by Crippen LogP contribution is -2.40. The van der Waals surface area contributed by atoms with Gasteiger partial charge in [0.05, 0.1) is 11.4 Å². The monoisotopic (exact) mass is 377 g/mol. The maximum atomic E-state index is 12.6. The van der Waals surface area contributed by atoms with Crippen LogP contribution in [0.25, 0.3) is 0 Å². The number of anilines is 1. The lowest BCUT2D eigenvalue weighted by molar-refractivity contribution is -0.128. The molecule has 21 heavy (non-hydrogen) atoms. The first-order valence-corrected chi connectivity index (χ1v) is 8.68. The highest BCUT2D eigenvalue weighted by atomic mass is 79.9. The highest BCUT2D eigenvalue weighted by Crippen LogP contribution is 2.25. The number of nitrogens with zero attached hydrogens (tertiary/aromatic N) is 2. The third-order valence-electron chi connectivity index (χ3n) is 2.89. The van der Waals surface area contributed by atoms with Crippen molar-refractivity contribution < 1.29 is 13.2 Å². The van der Waals surface area contributed by atoms with Crippen LogP contribution < -0.4 is 5.73 Å². The van der Waals surface area contributed by atoms with Gasteiger partial charge in [0.2, 0.25) is 15.9 Å². The molecule has 2 N–H and O–H groups in total. The van der Waals surface area contributed by atoms with Gasteiger partial charge < -0.3 is 10.6 Å². The topological polar surface area (TPSA) is 83.7 Å². The fraction of sp³-hybridized carbons (Fsp3) is 0.462. The smallest absolute Gasteiger partial charge is 0.243 e. The van der Waals surface area contributed by atoms with E-state index in [1.54, 1.807) is 20.2 Å². The number of hydrogen-bond donors (Lipinski definition) is 1. The maximum absolute atomic E-state index is 12.6. The Morgan fingerprint density at radius 3 is 2.43 bits per heavy atom. The lowest BCUT2D eigenvalue weighted by Gasteiger charge is -2.23. The molecule has 0 aliphatic rings. The summed E-state index contributed by atoms with van der Waals surface area (Å²) in [5.74, 6) is -0.267. The second-order valence-corrected chi connectivity index (χ2v) is 7.60. The van der Waals surface area contributed by atoms with Crippen LogP contribution in [0.2, 0.25) is 0 Å². The third-order valence-corrected chi connectivity index (χ3v) is 5.45. The molecule has 0 aromatic heterocycles. The number of likely N-dealkylation sites (N-methyl/N-ethyl adjacent to an activating group) is 1. The number of amides is 1. The second kappa shape index (κ2) is 7.24. The standard InChI is InChI=1S/C13H20BrN3O3S/c1-4-7-17(9-13(18)16(2)3)21(19,20)10-5-6-11(14)12(15)8-10/h5-6,8H,4,7,9,15H2,1-3H3. The van der Waals surface area contributed by atoms with Gasteiger partial charge in [0.25, 0.3) is 0 Å². The second-order valence-electron chi connectivity index (χ2n) is 4.81. The van der Waals surface area contributed by atoms with Crippen LogP contribution in [0.5, 0.6) is 0 Å². The number of sulfonamides is 1. The Kier molecular flexibility index (Phi) is 6.18. The Morgan fingerprint density at radius 2 is 1.95 bits per heavy atom. The molecule has 0 fully saturated rings. The summed E-state index contributed by atoms with van der Waals surface area (Å²) in [6.07, 6.45) is 0.617. The van der Waals surface area contributed by atoms with E-state index >= 15 is 0 Å². The van der Waals surface area contributed by atoms with Gasteiger partial charge in [-0.2, -0.15) is 4.31 Å². The van der Waals surface area contributed by atoms with Gasteiger partial charge in [-0.3, -0.25) is 4.79 Å². The zero-order valence-corrected chi connectivity index (χ0v) is 14.7. The largest absolute Gasteiger partial charge is 0.398 e. The van der Waals surface area contributed by atoms with E-state index in [0.717, 1.165) is 0 Å². The molecule has 0 unspecified atom stereocenters. The van der Waals surface area contributed by atoms with Crippen molar-refractivity contribution in [1.82, 2.24) is 9.21 Å². The van der Waals surface area contributed by atoms with Crippen molar-refractivity contribution in [2.24, 2.45) is 0 Å². The van der Waals surface area contributed by atoms with Crippen LogP contribution in [0.4, 0.5) is 5.69 Å². The van der Waals surface area contributed by atoms with Crippen LogP contribution in [0, 0.1) is 0 Å². The molecule has 0 aliphatic carbocycles. The summed E-state index contributed by atoms with van der Waals surface area (Å²) in [6, 6.07) is 4.45. The molecule has 8 heteroatoms. The Morgan fingerprint density at radius 1 is 1.33 bits per heavy atom. The van der Waals surface area contributed by atoms with Crippen molar-refractivity contribution in [3.05, 3.63) is 22.7 Å². The molecule has 1 rings (SSSR count). The number of nitrogens with two attached hydrogens (primary N) is 1. The zero-order chi connectivity index (χ0) is 16.2. The van der Waals surface area contributed by atoms with E-state index in [1.165, 1.54) is 21.3 Å². The van der Waals surface area contributed by atoms with Gasteiger partial charge in [-0.1, -0.05) is 6.92 Å². The Labute approximate surface area is 134 Å². The number of nitrogen functional groups attached to an aromatic ring is 1. The SMILES string of the molecule is CCCN(CC(=O)N(C)C)S(=O)(=O)c1ccc(Br)c(N)c1. The molecule has 0 atom stereocenters. The molecule has 0 spiro atoms. The Balaban J connectivity index is 3.15. The molecule has 6 nitrogen and oxygen atoms in total. The first kappa shape index (κ1) is 17.9. The van der Waals surface area contributed by atoms with Crippen LogP contribution >= 0.6 is 15.9 Å². The van der Waals surface area contributed by atoms with Crippen molar-refractivity contribution >= 4 is 37.5 Å². The molecule has 1 aromatic rings. The number of carbonyl (C=O) groups is 1. The normalized spacial score (nSPS) is 11.7. The molecule has 0 saturated heterocycles. The van der Waals surface area contributed by atoms with E-state index in [0.29, 0.717) is 16.6 Å². The summed E-state index contributed by atoms with van der Waals surface area (Å²) in [5.41, 5.74) is 6.08. The molecule has 118 valence electrons. The van der Waals surface area contributed by atoms with Crippen LogP contribution in [0.3, 0.4) is 0 Å². The van der Waals surface area contributed by atoms with Gasteiger partial charge in [-0.05, 0) is 40.5 Å². The average molecular weight is 378 g/mol. The highest BCUT2D eigenvalue weighted by molar-refractivity contribution is 9.10. The van der Waals surface area contributed by atoms with E-state index in [2.05, 4.69) is 15.9 Å². The molecule has 0 aliphatic heterocycles. The molecule has 0 heterocycles. The van der Waals surface area contributed by atoms with Crippen LogP contribution in [0.15, 0.2) is 27.6 Å². The maximum Gasteiger partial charge on any atom is 0.243 e. The minimum atomic E-state index is -3.75. The lowest BCUT2D eigenvalue weighted by atomic mass is 10.3. The van der Waals surface area contributed by atoms with E-state index in [1.807, 2.05) is 6.92 Å². The molecule has 0 bridgehead atoms. The fourth-order valence-corrected chi connectivity index (χ4v) is 3.42. The van der Waals surface area contributed by atoms with Gasteiger partial charge in [0.1, 0.15) is 0 Å². The van der Waals surface area contributed by atoms with Crippen molar-refractivity contribution in [2.75, 3.05) is 32.9 Å². The molecule has 0 saturated carbocycles. The van der Waals surface area contributed by atoms with Crippen LogP contribution in [-0.4, -0.2) is 50.7 Å². The van der Waals surface area contributed by atoms with Gasteiger partial charge >= 0.3 is 0 Å². The van der Waals surface area contributed by atoms with Gasteiger partial charge in [0.15, 0.2) is 0 Å². The first-order valence-electron chi connectivity index (χ1n) is 6.45. The van der Waals surface area contributed by atoms with Crippen molar-refractivity contribution in [1.29, 1.82) is 0 Å². The van der Waals surface area contributed by atoms with Gasteiger partial charge in [-0.15, -0.1) is 0 Å². The van der Waals surface area contributed by atoms with Crippen molar-refractivity contribution in [3.8, 4) is 0 Å². The van der Waals surface area contributed by atoms with E-state index < -0.39 is 10.0 Å². The van der Waals surface area contributed by atoms with Crippen molar-refractivity contribution in [3.63, 3.8) is 0 Å². The summed E-state index contributed by atoms with van der Waals surface area (Å²) < 4.78 is 27.1. The van der Waals surface area contributed by atoms with E-state index in [4.69, 9.17) is 5.73 Å². The Bertz CT molecular complexity index is 617. The fourth-order valence-electron chi connectivity index (χ4n) is 1.66. The van der Waals surface area contributed by atoms with E-state index in [9.17, 15) is 13.2 Å². The molecule has 0 radical (unpaired) electrons. The number of benzene rings is 1. The number of rotatable bonds is 6. The minimum absolute atomic E-state index is 0.0863. The summed E-state index contributed by atoms with van der Waals surface area (Å²) in [6.45, 7) is 1.95. The predicted molar refractivity (Wildman–Crippen MR) is 86.3 cm³/mol. The number of carbonyl (C=O) groups excluding carboxylic acids is 1. The molecule has 1 aromatic carbocycles. The summed E-state index contributed by atoms with van der Waals surface area (Å²) in [7, 11) is -0.558. The third kappa shape index (κ3) is 4.42.